The predicted molar refractivity (Wildman–Crippen MR) is 225 cm³/mol. The Kier molecular flexibility index (Phi) is 6.14. The fourth-order valence-electron chi connectivity index (χ4n) is 9.88. The van der Waals surface area contributed by atoms with Crippen LogP contribution in [0.25, 0.3) is 70.6 Å². The van der Waals surface area contributed by atoms with Crippen LogP contribution in [-0.2, 0) is 10.8 Å². The fourth-order valence-corrected chi connectivity index (χ4v) is 9.88. The van der Waals surface area contributed by atoms with Gasteiger partial charge in [-0.3, -0.25) is 0 Å². The molecule has 0 aliphatic heterocycles. The highest BCUT2D eigenvalue weighted by atomic mass is 16.3. The largest absolute Gasteiger partial charge is 0.454 e. The maximum absolute atomic E-state index is 7.57. The van der Waals surface area contributed by atoms with E-state index >= 15 is 0 Å². The Bertz CT molecular complexity index is 3120. The second-order valence-electron chi connectivity index (χ2n) is 16.0. The molecule has 0 N–H and O–H groups in total. The molecule has 54 heavy (non-hydrogen) atoms. The van der Waals surface area contributed by atoms with Gasteiger partial charge in [-0.2, -0.15) is 0 Å². The Morgan fingerprint density at radius 2 is 1.09 bits per heavy atom. The number of hydrogen-bond donors (Lipinski definition) is 0. The fraction of sp³-hybridized carbons (Fsp3) is 0.118. The summed E-state index contributed by atoms with van der Waals surface area (Å²) in [5.41, 5.74) is 16.0. The smallest absolute Gasteiger partial charge is 0.187 e. The summed E-state index contributed by atoms with van der Waals surface area (Å²) in [5, 5.41) is 7.29. The maximum Gasteiger partial charge on any atom is 0.187 e. The first kappa shape index (κ1) is 30.9. The van der Waals surface area contributed by atoms with Crippen molar-refractivity contribution in [2.75, 3.05) is 4.90 Å². The molecule has 2 aliphatic carbocycles. The number of furan rings is 1. The third-order valence-corrected chi connectivity index (χ3v) is 12.4. The minimum Gasteiger partial charge on any atom is -0.454 e. The molecule has 9 aromatic rings. The summed E-state index contributed by atoms with van der Waals surface area (Å²) in [7, 11) is 0. The van der Waals surface area contributed by atoms with Crippen molar-refractivity contribution in [2.45, 2.75) is 38.5 Å². The van der Waals surface area contributed by atoms with E-state index in [0.717, 1.165) is 39.0 Å². The van der Waals surface area contributed by atoms with Crippen LogP contribution in [0, 0.1) is 6.57 Å². The minimum absolute atomic E-state index is 0.113. The predicted octanol–water partition coefficient (Wildman–Crippen LogP) is 14.5. The van der Waals surface area contributed by atoms with E-state index < -0.39 is 0 Å². The molecule has 0 saturated carbocycles. The van der Waals surface area contributed by atoms with Crippen molar-refractivity contribution in [3.8, 4) is 22.3 Å². The van der Waals surface area contributed by atoms with Crippen LogP contribution < -0.4 is 4.90 Å². The molecule has 0 amide bonds. The van der Waals surface area contributed by atoms with Crippen LogP contribution in [0.1, 0.15) is 49.9 Å². The highest BCUT2D eigenvalue weighted by Crippen LogP contribution is 2.58. The second kappa shape index (κ2) is 10.7. The van der Waals surface area contributed by atoms with Crippen molar-refractivity contribution >= 4 is 66.2 Å². The first-order chi connectivity index (χ1) is 26.2. The second-order valence-corrected chi connectivity index (χ2v) is 16.0. The van der Waals surface area contributed by atoms with Crippen LogP contribution in [-0.4, -0.2) is 0 Å². The average molecular weight is 693 g/mol. The third kappa shape index (κ3) is 4.06. The molecule has 2 aliphatic rings. The molecular weight excluding hydrogens is 657 g/mol. The van der Waals surface area contributed by atoms with Gasteiger partial charge in [-0.1, -0.05) is 125 Å². The number of para-hydroxylation sites is 2. The Balaban J connectivity index is 1.08. The molecule has 0 saturated heterocycles. The molecule has 3 nitrogen and oxygen atoms in total. The highest BCUT2D eigenvalue weighted by molar-refractivity contribution is 6.11. The summed E-state index contributed by atoms with van der Waals surface area (Å²) < 4.78 is 6.56. The van der Waals surface area contributed by atoms with Gasteiger partial charge in [-0.25, -0.2) is 4.85 Å². The van der Waals surface area contributed by atoms with E-state index in [-0.39, 0.29) is 10.8 Å². The van der Waals surface area contributed by atoms with Crippen molar-refractivity contribution in [3.63, 3.8) is 0 Å². The molecule has 0 unspecified atom stereocenters. The molecule has 0 atom stereocenters. The summed E-state index contributed by atoms with van der Waals surface area (Å²) in [6, 6.07) is 52.4. The van der Waals surface area contributed by atoms with Crippen molar-refractivity contribution in [1.82, 2.24) is 0 Å². The number of benzene rings is 8. The van der Waals surface area contributed by atoms with E-state index in [1.807, 2.05) is 36.4 Å². The Labute approximate surface area is 314 Å². The minimum atomic E-state index is -0.195. The Morgan fingerprint density at radius 1 is 0.500 bits per heavy atom. The van der Waals surface area contributed by atoms with Gasteiger partial charge in [-0.05, 0) is 115 Å². The monoisotopic (exact) mass is 692 g/mol. The first-order valence-electron chi connectivity index (χ1n) is 18.7. The summed E-state index contributed by atoms with van der Waals surface area (Å²) in [4.78, 5) is 5.93. The SMILES string of the molecule is [C-]#[N+]c1ccc(N(c2ccc3c4c(ccc3c2)-c2cc3c(cc2C4(C)C)-c2ccc4ccccc4c2C3(C)C)c2cccc3c2oc2ccccc23)cc1. The van der Waals surface area contributed by atoms with Crippen LogP contribution in [0.3, 0.4) is 0 Å². The third-order valence-electron chi connectivity index (χ3n) is 12.4. The van der Waals surface area contributed by atoms with E-state index in [0.29, 0.717) is 5.69 Å². The van der Waals surface area contributed by atoms with E-state index in [1.54, 1.807) is 0 Å². The van der Waals surface area contributed by atoms with Gasteiger partial charge in [0, 0.05) is 33.0 Å². The quantitative estimate of drug-likeness (QED) is 0.172. The van der Waals surface area contributed by atoms with Gasteiger partial charge in [0.05, 0.1) is 12.3 Å². The van der Waals surface area contributed by atoms with Crippen molar-refractivity contribution in [1.29, 1.82) is 0 Å². The lowest BCUT2D eigenvalue weighted by molar-refractivity contribution is 0.657. The molecule has 1 heterocycles. The summed E-state index contributed by atoms with van der Waals surface area (Å²) in [6.45, 7) is 17.1. The van der Waals surface area contributed by atoms with Crippen LogP contribution >= 0.6 is 0 Å². The van der Waals surface area contributed by atoms with Gasteiger partial charge < -0.3 is 9.32 Å². The van der Waals surface area contributed by atoms with Gasteiger partial charge in [0.15, 0.2) is 11.3 Å². The Morgan fingerprint density at radius 3 is 1.80 bits per heavy atom. The van der Waals surface area contributed by atoms with Crippen molar-refractivity contribution in [2.24, 2.45) is 0 Å². The standard InChI is InChI=1S/C51H36N2O/c1-50(2)43-29-42-39-25-18-31-27-34(53(33-21-19-32(52-5)20-22-33)45-15-10-14-40-37-13-8-9-16-46(37)54-49(40)45)23-26-36(31)48(39)51(3,4)44(42)28-41(43)38-24-17-30-11-6-7-12-35(30)47(38)50/h6-29H,1-4H3. The van der Waals surface area contributed by atoms with Crippen LogP contribution in [0.15, 0.2) is 150 Å². The van der Waals surface area contributed by atoms with Gasteiger partial charge >= 0.3 is 0 Å². The van der Waals surface area contributed by atoms with E-state index in [1.165, 1.54) is 66.1 Å². The van der Waals surface area contributed by atoms with Crippen molar-refractivity contribution in [3.05, 3.63) is 179 Å². The maximum atomic E-state index is 7.57. The highest BCUT2D eigenvalue weighted by Gasteiger charge is 2.43. The summed E-state index contributed by atoms with van der Waals surface area (Å²) in [5.74, 6) is 0. The van der Waals surface area contributed by atoms with Crippen LogP contribution in [0.5, 0.6) is 0 Å². The van der Waals surface area contributed by atoms with E-state index in [4.69, 9.17) is 11.0 Å². The zero-order chi connectivity index (χ0) is 36.5. The number of hydrogen-bond acceptors (Lipinski definition) is 2. The molecule has 11 rings (SSSR count). The van der Waals surface area contributed by atoms with Gasteiger partial charge in [0.25, 0.3) is 0 Å². The first-order valence-corrected chi connectivity index (χ1v) is 18.7. The molecular formula is C51H36N2O. The molecule has 256 valence electrons. The zero-order valence-corrected chi connectivity index (χ0v) is 30.7. The lowest BCUT2D eigenvalue weighted by Crippen LogP contribution is -2.17. The zero-order valence-electron chi connectivity index (χ0n) is 30.7. The normalized spacial score (nSPS) is 14.6. The molecule has 0 radical (unpaired) electrons. The molecule has 0 spiro atoms. The summed E-state index contributed by atoms with van der Waals surface area (Å²) in [6.07, 6.45) is 0. The van der Waals surface area contributed by atoms with Gasteiger partial charge in [0.1, 0.15) is 5.58 Å². The van der Waals surface area contributed by atoms with Gasteiger partial charge in [0.2, 0.25) is 0 Å². The van der Waals surface area contributed by atoms with E-state index in [2.05, 4.69) is 147 Å². The van der Waals surface area contributed by atoms with Crippen LogP contribution in [0.4, 0.5) is 22.7 Å². The average Bonchev–Trinajstić information content (AvgIpc) is 3.77. The lowest BCUT2D eigenvalue weighted by atomic mass is 9.78. The number of anilines is 3. The molecule has 8 aromatic carbocycles. The molecule has 0 bridgehead atoms. The van der Waals surface area contributed by atoms with Crippen LogP contribution in [0.2, 0.25) is 0 Å². The Hall–Kier alpha value is -6.63. The van der Waals surface area contributed by atoms with E-state index in [9.17, 15) is 0 Å². The topological polar surface area (TPSA) is 20.7 Å². The van der Waals surface area contributed by atoms with Gasteiger partial charge in [-0.15, -0.1) is 0 Å². The molecule has 3 heteroatoms. The number of rotatable bonds is 3. The summed E-state index contributed by atoms with van der Waals surface area (Å²) >= 11 is 0. The molecule has 1 aromatic heterocycles. The number of nitrogens with zero attached hydrogens (tertiary/aromatic N) is 2. The lowest BCUT2D eigenvalue weighted by Gasteiger charge is -2.27. The van der Waals surface area contributed by atoms with Crippen molar-refractivity contribution < 1.29 is 4.42 Å². The molecule has 0 fully saturated rings. The number of fused-ring (bicyclic) bond motifs is 13.